The topological polar surface area (TPSA) is 61.4 Å². The van der Waals surface area contributed by atoms with E-state index < -0.39 is 0 Å². The van der Waals surface area contributed by atoms with Crippen molar-refractivity contribution in [2.24, 2.45) is 0 Å². The second-order valence-corrected chi connectivity index (χ2v) is 13.5. The third kappa shape index (κ3) is 4.81. The highest BCUT2D eigenvalue weighted by atomic mass is 15.1. The summed E-state index contributed by atoms with van der Waals surface area (Å²) in [6.07, 6.45) is 0. The first-order valence-corrected chi connectivity index (χ1v) is 18.1. The van der Waals surface area contributed by atoms with Gasteiger partial charge >= 0.3 is 0 Å². The second kappa shape index (κ2) is 12.1. The number of fused-ring (bicyclic) bond motifs is 7. The molecule has 6 aromatic heterocycles. The van der Waals surface area contributed by atoms with Crippen molar-refractivity contribution in [3.05, 3.63) is 182 Å². The number of hydrogen-bond donors (Lipinski definition) is 0. The van der Waals surface area contributed by atoms with Crippen molar-refractivity contribution in [3.63, 3.8) is 0 Å². The molecule has 0 unspecified atom stereocenters. The molecule has 252 valence electrons. The Morgan fingerprint density at radius 2 is 0.741 bits per heavy atom. The minimum absolute atomic E-state index is 0.740. The van der Waals surface area contributed by atoms with Crippen LogP contribution in [0.15, 0.2) is 182 Å². The quantitative estimate of drug-likeness (QED) is 0.180. The first-order valence-electron chi connectivity index (χ1n) is 18.1. The first-order chi connectivity index (χ1) is 26.8. The van der Waals surface area contributed by atoms with E-state index in [1.165, 1.54) is 21.5 Å². The third-order valence-corrected chi connectivity index (χ3v) is 10.3. The van der Waals surface area contributed by atoms with Gasteiger partial charge in [-0.2, -0.15) is 0 Å². The summed E-state index contributed by atoms with van der Waals surface area (Å²) in [6.45, 7) is 0. The van der Waals surface area contributed by atoms with Crippen LogP contribution in [0, 0.1) is 0 Å². The van der Waals surface area contributed by atoms with Crippen molar-refractivity contribution in [1.29, 1.82) is 0 Å². The minimum Gasteiger partial charge on any atom is -0.294 e. The number of benzene rings is 5. The molecule has 0 aliphatic heterocycles. The Balaban J connectivity index is 1.11. The van der Waals surface area contributed by atoms with Crippen molar-refractivity contribution in [1.82, 2.24) is 29.1 Å². The van der Waals surface area contributed by atoms with Gasteiger partial charge in [0.25, 0.3) is 0 Å². The van der Waals surface area contributed by atoms with Crippen LogP contribution < -0.4 is 0 Å². The highest BCUT2D eigenvalue weighted by Gasteiger charge is 2.17. The number of aromatic nitrogens is 6. The average molecular weight is 691 g/mol. The number of rotatable bonds is 5. The fraction of sp³-hybridized carbons (Fsp3) is 0. The van der Waals surface area contributed by atoms with Gasteiger partial charge in [-0.25, -0.2) is 19.9 Å². The van der Waals surface area contributed by atoms with E-state index in [2.05, 4.69) is 167 Å². The van der Waals surface area contributed by atoms with Crippen molar-refractivity contribution < 1.29 is 0 Å². The fourth-order valence-corrected chi connectivity index (χ4v) is 7.89. The van der Waals surface area contributed by atoms with Crippen molar-refractivity contribution in [3.8, 4) is 45.7 Å². The van der Waals surface area contributed by atoms with Gasteiger partial charge in [0.15, 0.2) is 0 Å². The molecule has 0 bridgehead atoms. The molecule has 0 saturated heterocycles. The van der Waals surface area contributed by atoms with Crippen LogP contribution >= 0.6 is 0 Å². The Morgan fingerprint density at radius 3 is 1.24 bits per heavy atom. The Kier molecular flexibility index (Phi) is 6.75. The van der Waals surface area contributed by atoms with Gasteiger partial charge in [-0.1, -0.05) is 109 Å². The Hall–Kier alpha value is -7.44. The van der Waals surface area contributed by atoms with Gasteiger partial charge in [-0.05, 0) is 72.8 Å². The molecule has 0 atom stereocenters. The van der Waals surface area contributed by atoms with Crippen LogP contribution in [0.5, 0.6) is 0 Å². The van der Waals surface area contributed by atoms with Crippen LogP contribution in [0.1, 0.15) is 0 Å². The van der Waals surface area contributed by atoms with Crippen LogP contribution in [0.25, 0.3) is 100 Å². The molecule has 0 N–H and O–H groups in total. The zero-order valence-corrected chi connectivity index (χ0v) is 29.0. The maximum atomic E-state index is 5.29. The van der Waals surface area contributed by atoms with Crippen molar-refractivity contribution >= 4 is 54.5 Å². The van der Waals surface area contributed by atoms with Crippen LogP contribution in [-0.2, 0) is 0 Å². The Bertz CT molecular complexity index is 2960. The molecule has 0 amide bonds. The predicted octanol–water partition coefficient (Wildman–Crippen LogP) is 11.6. The van der Waals surface area contributed by atoms with Crippen molar-refractivity contribution in [2.45, 2.75) is 0 Å². The van der Waals surface area contributed by atoms with E-state index in [9.17, 15) is 0 Å². The lowest BCUT2D eigenvalue weighted by Crippen LogP contribution is -2.01. The highest BCUT2D eigenvalue weighted by Crippen LogP contribution is 2.35. The van der Waals surface area contributed by atoms with E-state index in [1.807, 2.05) is 24.3 Å². The maximum Gasteiger partial charge on any atom is 0.138 e. The highest BCUT2D eigenvalue weighted by molar-refractivity contribution is 6.10. The van der Waals surface area contributed by atoms with E-state index in [1.54, 1.807) is 0 Å². The Labute approximate surface area is 310 Å². The molecule has 5 aromatic carbocycles. The first kappa shape index (κ1) is 30.2. The number of para-hydroxylation sites is 5. The largest absolute Gasteiger partial charge is 0.294 e. The molecule has 0 aliphatic rings. The minimum atomic E-state index is 0.740. The van der Waals surface area contributed by atoms with E-state index >= 15 is 0 Å². The zero-order chi connectivity index (χ0) is 35.6. The monoisotopic (exact) mass is 690 g/mol. The lowest BCUT2D eigenvalue weighted by molar-refractivity contribution is 1.07. The second-order valence-electron chi connectivity index (χ2n) is 13.5. The maximum absolute atomic E-state index is 5.29. The molecule has 6 heteroatoms. The SMILES string of the molecule is c1cc(-c2cc(-c3ccc4ccccc4n3)cc(-c3cccc(-n4c5ccccc5c5ccccc54)n3)n2)nc(-n2c3ccccc3c3ccccc32)c1. The zero-order valence-electron chi connectivity index (χ0n) is 29.0. The van der Waals surface area contributed by atoms with Crippen LogP contribution in [-0.4, -0.2) is 29.1 Å². The van der Waals surface area contributed by atoms with Crippen LogP contribution in [0.3, 0.4) is 0 Å². The smallest absolute Gasteiger partial charge is 0.138 e. The summed E-state index contributed by atoms with van der Waals surface area (Å²) >= 11 is 0. The van der Waals surface area contributed by atoms with Gasteiger partial charge in [-0.15, -0.1) is 0 Å². The number of pyridine rings is 4. The molecule has 6 heterocycles. The lowest BCUT2D eigenvalue weighted by atomic mass is 10.1. The molecule has 54 heavy (non-hydrogen) atoms. The molecular weight excluding hydrogens is 661 g/mol. The summed E-state index contributed by atoms with van der Waals surface area (Å²) < 4.78 is 4.47. The summed E-state index contributed by atoms with van der Waals surface area (Å²) in [5.74, 6) is 1.66. The number of hydrogen-bond acceptors (Lipinski definition) is 4. The lowest BCUT2D eigenvalue weighted by Gasteiger charge is -2.13. The van der Waals surface area contributed by atoms with E-state index in [4.69, 9.17) is 19.9 Å². The van der Waals surface area contributed by atoms with Crippen LogP contribution in [0.4, 0.5) is 0 Å². The summed E-state index contributed by atoms with van der Waals surface area (Å²) in [7, 11) is 0. The number of nitrogens with zero attached hydrogens (tertiary/aromatic N) is 6. The molecule has 0 spiro atoms. The van der Waals surface area contributed by atoms with Crippen LogP contribution in [0.2, 0.25) is 0 Å². The van der Waals surface area contributed by atoms with E-state index in [0.717, 1.165) is 78.6 Å². The predicted molar refractivity (Wildman–Crippen MR) is 220 cm³/mol. The van der Waals surface area contributed by atoms with Gasteiger partial charge < -0.3 is 0 Å². The van der Waals surface area contributed by atoms with E-state index in [0.29, 0.717) is 0 Å². The van der Waals surface area contributed by atoms with Gasteiger partial charge in [0.1, 0.15) is 11.6 Å². The molecule has 11 rings (SSSR count). The van der Waals surface area contributed by atoms with Gasteiger partial charge in [0.05, 0.1) is 56.1 Å². The van der Waals surface area contributed by atoms with Gasteiger partial charge in [-0.3, -0.25) is 9.13 Å². The molecule has 0 radical (unpaired) electrons. The summed E-state index contributed by atoms with van der Waals surface area (Å²) in [5.41, 5.74) is 10.2. The molecule has 6 nitrogen and oxygen atoms in total. The van der Waals surface area contributed by atoms with Crippen molar-refractivity contribution in [2.75, 3.05) is 0 Å². The van der Waals surface area contributed by atoms with Gasteiger partial charge in [0.2, 0.25) is 0 Å². The standard InChI is InChI=1S/C48H30N6/c1-6-18-37-31(13-1)27-28-38(49-37)32-29-41(39-19-11-25-47(51-39)53-43-21-7-2-14-33(43)34-15-3-8-22-44(34)53)50-42(30-32)40-20-12-26-48(52-40)54-45-23-9-4-16-35(45)36-17-5-10-24-46(36)54/h1-30H. The summed E-state index contributed by atoms with van der Waals surface area (Å²) in [6, 6.07) is 62.9. The summed E-state index contributed by atoms with van der Waals surface area (Å²) in [4.78, 5) is 21.0. The molecular formula is C48H30N6. The molecule has 0 fully saturated rings. The third-order valence-electron chi connectivity index (χ3n) is 10.3. The fourth-order valence-electron chi connectivity index (χ4n) is 7.89. The normalized spacial score (nSPS) is 11.7. The van der Waals surface area contributed by atoms with E-state index in [-0.39, 0.29) is 0 Å². The van der Waals surface area contributed by atoms with Gasteiger partial charge in [0, 0.05) is 32.5 Å². The Morgan fingerprint density at radius 1 is 0.296 bits per heavy atom. The summed E-state index contributed by atoms with van der Waals surface area (Å²) in [5, 5.41) is 5.87. The molecule has 0 aliphatic carbocycles. The molecule has 0 saturated carbocycles. The molecule has 11 aromatic rings. The average Bonchev–Trinajstić information content (AvgIpc) is 3.77.